The molecule has 0 amide bonds. The SMILES string of the molecule is CN=C(NCC(OC)c1cccc(Cl)c1)NCC(C)(C)OC.I. The fourth-order valence-electron chi connectivity index (χ4n) is 1.82. The Hall–Kier alpha value is -0.570. The summed E-state index contributed by atoms with van der Waals surface area (Å²) in [6.07, 6.45) is -0.104. The monoisotopic (exact) mass is 455 g/mol. The van der Waals surface area contributed by atoms with Gasteiger partial charge in [-0.3, -0.25) is 4.99 Å². The number of nitrogens with zero attached hydrogens (tertiary/aromatic N) is 1. The molecule has 1 aromatic rings. The molecule has 0 aliphatic heterocycles. The Morgan fingerprint density at radius 1 is 1.30 bits per heavy atom. The van der Waals surface area contributed by atoms with Crippen LogP contribution in [0.4, 0.5) is 0 Å². The van der Waals surface area contributed by atoms with Crippen LogP contribution in [-0.2, 0) is 9.47 Å². The van der Waals surface area contributed by atoms with E-state index in [2.05, 4.69) is 15.6 Å². The molecule has 0 saturated carbocycles. The Balaban J connectivity index is 0.00000484. The molecule has 1 unspecified atom stereocenters. The van der Waals surface area contributed by atoms with Crippen molar-refractivity contribution in [1.82, 2.24) is 10.6 Å². The van der Waals surface area contributed by atoms with Gasteiger partial charge in [-0.05, 0) is 31.5 Å². The highest BCUT2D eigenvalue weighted by molar-refractivity contribution is 14.0. The molecule has 1 rings (SSSR count). The number of halogens is 2. The van der Waals surface area contributed by atoms with Gasteiger partial charge in [0.05, 0.1) is 11.7 Å². The van der Waals surface area contributed by atoms with Crippen LogP contribution in [0, 0.1) is 0 Å². The van der Waals surface area contributed by atoms with Crippen molar-refractivity contribution in [1.29, 1.82) is 0 Å². The molecule has 0 aliphatic carbocycles. The Labute approximate surface area is 161 Å². The number of rotatable bonds is 7. The molecular weight excluding hydrogens is 429 g/mol. The summed E-state index contributed by atoms with van der Waals surface area (Å²) in [6.45, 7) is 5.26. The number of aliphatic imine (C=N–C) groups is 1. The van der Waals surface area contributed by atoms with E-state index in [1.807, 2.05) is 38.1 Å². The smallest absolute Gasteiger partial charge is 0.191 e. The molecule has 0 spiro atoms. The Bertz CT molecular complexity index is 498. The van der Waals surface area contributed by atoms with E-state index in [0.717, 1.165) is 5.56 Å². The van der Waals surface area contributed by atoms with Crippen LogP contribution >= 0.6 is 35.6 Å². The maximum Gasteiger partial charge on any atom is 0.191 e. The van der Waals surface area contributed by atoms with Crippen molar-refractivity contribution in [3.63, 3.8) is 0 Å². The van der Waals surface area contributed by atoms with Gasteiger partial charge in [0.25, 0.3) is 0 Å². The minimum absolute atomic E-state index is 0. The summed E-state index contributed by atoms with van der Waals surface area (Å²) in [5.41, 5.74) is 0.765. The van der Waals surface area contributed by atoms with Gasteiger partial charge in [-0.25, -0.2) is 0 Å². The first-order valence-corrected chi connectivity index (χ1v) is 7.57. The van der Waals surface area contributed by atoms with Gasteiger partial charge in [-0.1, -0.05) is 23.7 Å². The van der Waals surface area contributed by atoms with Gasteiger partial charge >= 0.3 is 0 Å². The molecule has 2 N–H and O–H groups in total. The van der Waals surface area contributed by atoms with E-state index in [1.165, 1.54) is 0 Å². The van der Waals surface area contributed by atoms with Gasteiger partial charge < -0.3 is 20.1 Å². The number of hydrogen-bond acceptors (Lipinski definition) is 3. The largest absolute Gasteiger partial charge is 0.377 e. The molecule has 0 radical (unpaired) electrons. The first-order chi connectivity index (χ1) is 10.4. The summed E-state index contributed by atoms with van der Waals surface area (Å²) in [5.74, 6) is 0.703. The minimum atomic E-state index is -0.259. The lowest BCUT2D eigenvalue weighted by atomic mass is 10.1. The summed E-state index contributed by atoms with van der Waals surface area (Å²) in [4.78, 5) is 4.20. The molecule has 0 fully saturated rings. The zero-order chi connectivity index (χ0) is 16.6. The van der Waals surface area contributed by atoms with Crippen molar-refractivity contribution in [3.05, 3.63) is 34.9 Å². The van der Waals surface area contributed by atoms with Crippen LogP contribution < -0.4 is 10.6 Å². The first kappa shape index (κ1) is 22.4. The van der Waals surface area contributed by atoms with Crippen LogP contribution in [0.1, 0.15) is 25.5 Å². The lowest BCUT2D eigenvalue weighted by Crippen LogP contribution is -2.46. The van der Waals surface area contributed by atoms with Gasteiger partial charge in [-0.15, -0.1) is 24.0 Å². The third kappa shape index (κ3) is 8.19. The van der Waals surface area contributed by atoms with Gasteiger partial charge in [-0.2, -0.15) is 0 Å². The van der Waals surface area contributed by atoms with Crippen molar-refractivity contribution < 1.29 is 9.47 Å². The molecule has 132 valence electrons. The van der Waals surface area contributed by atoms with E-state index in [4.69, 9.17) is 21.1 Å². The summed E-state index contributed by atoms with van der Waals surface area (Å²) in [6, 6.07) is 7.66. The average Bonchev–Trinajstić information content (AvgIpc) is 2.51. The summed E-state index contributed by atoms with van der Waals surface area (Å²) in [5, 5.41) is 7.18. The van der Waals surface area contributed by atoms with E-state index >= 15 is 0 Å². The van der Waals surface area contributed by atoms with Gasteiger partial charge in [0.1, 0.15) is 0 Å². The lowest BCUT2D eigenvalue weighted by molar-refractivity contribution is 0.0267. The van der Waals surface area contributed by atoms with E-state index < -0.39 is 0 Å². The number of nitrogens with one attached hydrogen (secondary N) is 2. The number of methoxy groups -OCH3 is 2. The maximum atomic E-state index is 6.03. The summed E-state index contributed by atoms with van der Waals surface area (Å²) in [7, 11) is 5.10. The molecule has 23 heavy (non-hydrogen) atoms. The number of ether oxygens (including phenoxy) is 2. The van der Waals surface area contributed by atoms with Crippen molar-refractivity contribution in [2.24, 2.45) is 4.99 Å². The molecule has 0 aromatic heterocycles. The fourth-order valence-corrected chi connectivity index (χ4v) is 2.02. The highest BCUT2D eigenvalue weighted by Gasteiger charge is 2.17. The zero-order valence-corrected chi connectivity index (χ0v) is 17.4. The van der Waals surface area contributed by atoms with Gasteiger partial charge in [0.2, 0.25) is 0 Å². The molecular formula is C16H27ClIN3O2. The quantitative estimate of drug-likeness (QED) is 0.376. The third-order valence-corrected chi connectivity index (χ3v) is 3.65. The molecule has 0 bridgehead atoms. The minimum Gasteiger partial charge on any atom is -0.377 e. The number of guanidine groups is 1. The number of hydrogen-bond donors (Lipinski definition) is 2. The summed E-state index contributed by atoms with van der Waals surface area (Å²) >= 11 is 6.03. The number of benzene rings is 1. The van der Waals surface area contributed by atoms with Crippen LogP contribution in [-0.4, -0.2) is 45.9 Å². The van der Waals surface area contributed by atoms with Crippen LogP contribution in [0.25, 0.3) is 0 Å². The van der Waals surface area contributed by atoms with E-state index in [1.54, 1.807) is 21.3 Å². The van der Waals surface area contributed by atoms with Crippen LogP contribution in [0.5, 0.6) is 0 Å². The predicted octanol–water partition coefficient (Wildman–Crippen LogP) is 3.24. The van der Waals surface area contributed by atoms with E-state index in [0.29, 0.717) is 24.1 Å². The zero-order valence-electron chi connectivity index (χ0n) is 14.4. The predicted molar refractivity (Wildman–Crippen MR) is 107 cm³/mol. The second-order valence-corrected chi connectivity index (χ2v) is 5.99. The maximum absolute atomic E-state index is 6.03. The topological polar surface area (TPSA) is 54.9 Å². The Morgan fingerprint density at radius 2 is 2.00 bits per heavy atom. The van der Waals surface area contributed by atoms with Crippen LogP contribution in [0.3, 0.4) is 0 Å². The van der Waals surface area contributed by atoms with Crippen molar-refractivity contribution in [3.8, 4) is 0 Å². The molecule has 0 heterocycles. The molecule has 1 aromatic carbocycles. The molecule has 7 heteroatoms. The fraction of sp³-hybridized carbons (Fsp3) is 0.562. The molecule has 0 aliphatic rings. The van der Waals surface area contributed by atoms with Crippen molar-refractivity contribution in [2.75, 3.05) is 34.4 Å². The van der Waals surface area contributed by atoms with E-state index in [9.17, 15) is 0 Å². The van der Waals surface area contributed by atoms with E-state index in [-0.39, 0.29) is 35.7 Å². The lowest BCUT2D eigenvalue weighted by Gasteiger charge is -2.25. The highest BCUT2D eigenvalue weighted by atomic mass is 127. The standard InChI is InChI=1S/C16H26ClN3O2.HI/c1-16(2,22-5)11-20-15(18-3)19-10-14(21-4)12-7-6-8-13(17)9-12;/h6-9,14H,10-11H2,1-5H3,(H2,18,19,20);1H. The van der Waals surface area contributed by atoms with Crippen LogP contribution in [0.15, 0.2) is 29.3 Å². The Kier molecular flexibility index (Phi) is 10.8. The molecule has 5 nitrogen and oxygen atoms in total. The van der Waals surface area contributed by atoms with Crippen molar-refractivity contribution in [2.45, 2.75) is 25.6 Å². The second-order valence-electron chi connectivity index (χ2n) is 5.55. The molecule has 1 atom stereocenters. The highest BCUT2D eigenvalue weighted by Crippen LogP contribution is 2.19. The van der Waals surface area contributed by atoms with Gasteiger partial charge in [0, 0.05) is 39.4 Å². The third-order valence-electron chi connectivity index (χ3n) is 3.42. The average molecular weight is 456 g/mol. The normalized spacial score (nSPS) is 13.2. The van der Waals surface area contributed by atoms with Crippen molar-refractivity contribution >= 4 is 41.5 Å². The Morgan fingerprint density at radius 3 is 2.52 bits per heavy atom. The molecule has 0 saturated heterocycles. The van der Waals surface area contributed by atoms with Crippen LogP contribution in [0.2, 0.25) is 5.02 Å². The first-order valence-electron chi connectivity index (χ1n) is 7.20. The van der Waals surface area contributed by atoms with Gasteiger partial charge in [0.15, 0.2) is 5.96 Å². The summed E-state index contributed by atoms with van der Waals surface area (Å²) < 4.78 is 10.9. The second kappa shape index (κ2) is 11.1.